The summed E-state index contributed by atoms with van der Waals surface area (Å²) in [5, 5.41) is 6.20. The van der Waals surface area contributed by atoms with Crippen LogP contribution in [0.2, 0.25) is 0 Å². The van der Waals surface area contributed by atoms with Gasteiger partial charge in [-0.2, -0.15) is 4.31 Å². The molecule has 3 aliphatic rings. The average Bonchev–Trinajstić information content (AvgIpc) is 3.82. The largest absolute Gasteiger partial charge is 0.454 e. The number of ether oxygens (including phenoxy) is 2. The number of amides is 2. The maximum absolute atomic E-state index is 13.9. The molecule has 2 atom stereocenters. The van der Waals surface area contributed by atoms with Gasteiger partial charge in [-0.15, -0.1) is 0 Å². The quantitative estimate of drug-likeness (QED) is 0.266. The maximum Gasteiger partial charge on any atom is 0.253 e. The molecule has 4 heterocycles. The van der Waals surface area contributed by atoms with Gasteiger partial charge in [0.1, 0.15) is 11.9 Å². The normalized spacial score (nSPS) is 18.5. The first kappa shape index (κ1) is 33.4. The van der Waals surface area contributed by atoms with Gasteiger partial charge in [-0.05, 0) is 92.2 Å². The fourth-order valence-corrected chi connectivity index (χ4v) is 7.96. The number of anilines is 2. The van der Waals surface area contributed by atoms with Crippen LogP contribution in [0, 0.1) is 5.82 Å². The molecule has 2 fully saturated rings. The van der Waals surface area contributed by atoms with Crippen molar-refractivity contribution in [2.24, 2.45) is 0 Å². The number of hydrogen-bond donors (Lipinski definition) is 2. The Morgan fingerprint density at radius 1 is 0.920 bits per heavy atom. The fourth-order valence-electron chi connectivity index (χ4n) is 6.30. The highest BCUT2D eigenvalue weighted by Crippen LogP contribution is 2.36. The van der Waals surface area contributed by atoms with Gasteiger partial charge in [0.15, 0.2) is 11.5 Å². The summed E-state index contributed by atoms with van der Waals surface area (Å²) in [4.78, 5) is 40.0. The zero-order valence-electron chi connectivity index (χ0n) is 27.3. The number of fused-ring (bicyclic) bond motifs is 1. The second kappa shape index (κ2) is 14.0. The van der Waals surface area contributed by atoms with Crippen LogP contribution in [0.15, 0.2) is 83.9 Å². The maximum atomic E-state index is 13.9. The molecular formula is C35H36FN7O6S. The third-order valence-corrected chi connectivity index (χ3v) is 11.0. The summed E-state index contributed by atoms with van der Waals surface area (Å²) in [6, 6.07) is 16.8. The molecule has 2 saturated heterocycles. The number of benzene rings is 3. The van der Waals surface area contributed by atoms with E-state index in [1.54, 1.807) is 54.7 Å². The van der Waals surface area contributed by atoms with Crippen LogP contribution >= 0.6 is 0 Å². The molecule has 7 rings (SSSR count). The first-order chi connectivity index (χ1) is 24.2. The Labute approximate surface area is 289 Å². The van der Waals surface area contributed by atoms with Crippen molar-refractivity contribution in [3.63, 3.8) is 0 Å². The Kier molecular flexibility index (Phi) is 9.35. The molecule has 3 aromatic carbocycles. The Bertz CT molecular complexity index is 1990. The molecule has 2 amide bonds. The molecule has 1 unspecified atom stereocenters. The van der Waals surface area contributed by atoms with Crippen molar-refractivity contribution in [3.05, 3.63) is 102 Å². The summed E-state index contributed by atoms with van der Waals surface area (Å²) >= 11 is 0. The van der Waals surface area contributed by atoms with E-state index in [0.29, 0.717) is 59.9 Å². The minimum atomic E-state index is -4.07. The van der Waals surface area contributed by atoms with E-state index in [9.17, 15) is 22.4 Å². The molecule has 50 heavy (non-hydrogen) atoms. The summed E-state index contributed by atoms with van der Waals surface area (Å²) in [5.74, 6) is 0.230. The first-order valence-corrected chi connectivity index (χ1v) is 17.7. The van der Waals surface area contributed by atoms with E-state index in [1.807, 2.05) is 11.9 Å². The molecule has 13 nitrogen and oxygen atoms in total. The third kappa shape index (κ3) is 6.97. The smallest absolute Gasteiger partial charge is 0.253 e. The van der Waals surface area contributed by atoms with Crippen LogP contribution in [0.4, 0.5) is 16.0 Å². The van der Waals surface area contributed by atoms with Gasteiger partial charge in [0, 0.05) is 50.2 Å². The third-order valence-electron chi connectivity index (χ3n) is 9.09. The zero-order valence-corrected chi connectivity index (χ0v) is 28.1. The number of hydrogen-bond acceptors (Lipinski definition) is 10. The highest BCUT2D eigenvalue weighted by atomic mass is 32.2. The lowest BCUT2D eigenvalue weighted by Crippen LogP contribution is -2.47. The number of aromatic nitrogens is 2. The molecule has 1 aromatic heterocycles. The monoisotopic (exact) mass is 701 g/mol. The molecular weight excluding hydrogens is 665 g/mol. The van der Waals surface area contributed by atoms with Gasteiger partial charge in [0.2, 0.25) is 28.7 Å². The lowest BCUT2D eigenvalue weighted by Gasteiger charge is -2.32. The molecule has 2 N–H and O–H groups in total. The van der Waals surface area contributed by atoms with Crippen molar-refractivity contribution in [2.45, 2.75) is 29.8 Å². The van der Waals surface area contributed by atoms with E-state index in [0.717, 1.165) is 29.5 Å². The predicted molar refractivity (Wildman–Crippen MR) is 181 cm³/mol. The van der Waals surface area contributed by atoms with Crippen molar-refractivity contribution in [2.75, 3.05) is 51.9 Å². The van der Waals surface area contributed by atoms with Crippen LogP contribution in [-0.2, 0) is 14.8 Å². The molecule has 3 aliphatic heterocycles. The molecule has 0 aliphatic carbocycles. The van der Waals surface area contributed by atoms with E-state index >= 15 is 0 Å². The van der Waals surface area contributed by atoms with Crippen LogP contribution in [0.1, 0.15) is 40.5 Å². The number of nitrogens with one attached hydrogen (secondary N) is 2. The number of likely N-dealkylation sites (N-methyl/N-ethyl adjacent to an activating group) is 1. The summed E-state index contributed by atoms with van der Waals surface area (Å²) in [5.41, 5.74) is 2.31. The first-order valence-electron chi connectivity index (χ1n) is 16.3. The Morgan fingerprint density at radius 3 is 2.42 bits per heavy atom. The van der Waals surface area contributed by atoms with Gasteiger partial charge in [-0.1, -0.05) is 6.07 Å². The Balaban J connectivity index is 1.12. The molecule has 0 spiro atoms. The molecule has 4 aromatic rings. The number of piperazine rings is 1. The average molecular weight is 702 g/mol. The van der Waals surface area contributed by atoms with E-state index in [2.05, 4.69) is 20.5 Å². The Hall–Kier alpha value is -5.12. The molecule has 260 valence electrons. The predicted octanol–water partition coefficient (Wildman–Crippen LogP) is 3.53. The van der Waals surface area contributed by atoms with Crippen LogP contribution < -0.4 is 20.1 Å². The number of carbonyl (C=O) groups excluding carboxylic acids is 2. The SMILES string of the molecule is CN1CCN(C(=O)c2ccc(Nc3nccc(C(NC(=O)[C@@H]4CCCN4S(=O)(=O)c4ccc(F)cc4)c4ccc5c(c4)OCO5)n3)cc2)CC1. The van der Waals surface area contributed by atoms with Crippen LogP contribution in [0.5, 0.6) is 11.5 Å². The van der Waals surface area contributed by atoms with E-state index in [1.165, 1.54) is 12.1 Å². The zero-order chi connectivity index (χ0) is 34.8. The minimum Gasteiger partial charge on any atom is -0.454 e. The number of halogens is 1. The van der Waals surface area contributed by atoms with E-state index in [4.69, 9.17) is 14.5 Å². The van der Waals surface area contributed by atoms with Crippen molar-refractivity contribution in [1.29, 1.82) is 0 Å². The second-order valence-corrected chi connectivity index (χ2v) is 14.3. The van der Waals surface area contributed by atoms with Crippen LogP contribution in [0.25, 0.3) is 0 Å². The summed E-state index contributed by atoms with van der Waals surface area (Å²) in [7, 11) is -2.03. The summed E-state index contributed by atoms with van der Waals surface area (Å²) in [6.07, 6.45) is 2.35. The second-order valence-electron chi connectivity index (χ2n) is 12.4. The fraction of sp³-hybridized carbons (Fsp3) is 0.314. The van der Waals surface area contributed by atoms with Gasteiger partial charge in [-0.3, -0.25) is 9.59 Å². The van der Waals surface area contributed by atoms with Crippen molar-refractivity contribution in [1.82, 2.24) is 29.4 Å². The van der Waals surface area contributed by atoms with Gasteiger partial charge >= 0.3 is 0 Å². The highest BCUT2D eigenvalue weighted by molar-refractivity contribution is 7.89. The number of nitrogens with zero attached hydrogens (tertiary/aromatic N) is 5. The molecule has 0 saturated carbocycles. The van der Waals surface area contributed by atoms with Gasteiger partial charge < -0.3 is 29.9 Å². The highest BCUT2D eigenvalue weighted by Gasteiger charge is 2.40. The van der Waals surface area contributed by atoms with E-state index in [-0.39, 0.29) is 30.1 Å². The van der Waals surface area contributed by atoms with Crippen molar-refractivity contribution >= 4 is 33.5 Å². The molecule has 0 radical (unpaired) electrons. The molecule has 0 bridgehead atoms. The topological polar surface area (TPSA) is 146 Å². The summed E-state index contributed by atoms with van der Waals surface area (Å²) in [6.45, 7) is 3.24. The standard InChI is InChI=1S/C35H36FN7O6S/c1-41-17-19-42(20-18-41)34(45)23-4-9-26(10-5-23)38-35-37-15-14-28(39-35)32(24-6-13-30-31(21-24)49-22-48-30)40-33(44)29-3-2-16-43(29)50(46,47)27-11-7-25(36)8-12-27/h4-15,21,29,32H,2-3,16-20,22H2,1H3,(H,40,44)(H,37,38,39)/t29-,32?/m0/s1. The number of rotatable bonds is 9. The van der Waals surface area contributed by atoms with E-state index < -0.39 is 33.8 Å². The van der Waals surface area contributed by atoms with Gasteiger partial charge in [-0.25, -0.2) is 22.8 Å². The van der Waals surface area contributed by atoms with Gasteiger partial charge in [0.05, 0.1) is 16.6 Å². The lowest BCUT2D eigenvalue weighted by molar-refractivity contribution is -0.124. The number of carbonyl (C=O) groups is 2. The Morgan fingerprint density at radius 2 is 1.66 bits per heavy atom. The van der Waals surface area contributed by atoms with Crippen molar-refractivity contribution in [3.8, 4) is 11.5 Å². The van der Waals surface area contributed by atoms with Crippen LogP contribution in [0.3, 0.4) is 0 Å². The lowest BCUT2D eigenvalue weighted by atomic mass is 10.0. The summed E-state index contributed by atoms with van der Waals surface area (Å²) < 4.78 is 52.8. The minimum absolute atomic E-state index is 0.0171. The van der Waals surface area contributed by atoms with Gasteiger partial charge in [0.25, 0.3) is 5.91 Å². The van der Waals surface area contributed by atoms with Crippen LogP contribution in [-0.4, -0.2) is 96.9 Å². The van der Waals surface area contributed by atoms with Crippen molar-refractivity contribution < 1.29 is 31.9 Å². The molecule has 15 heteroatoms. The number of sulfonamides is 1.